The van der Waals surface area contributed by atoms with Gasteiger partial charge in [-0.05, 0) is 54.8 Å². The molecule has 3 nitrogen and oxygen atoms in total. The number of likely N-dealkylation sites (N-methyl/N-ethyl adjacent to an activating group) is 1. The molecule has 0 radical (unpaired) electrons. The molecule has 0 spiro atoms. The first kappa shape index (κ1) is 20.7. The second-order valence-electron chi connectivity index (χ2n) is 8.48. The van der Waals surface area contributed by atoms with Crippen molar-refractivity contribution in [3.8, 4) is 5.75 Å². The van der Waals surface area contributed by atoms with Gasteiger partial charge in [0.15, 0.2) is 6.61 Å². The Balaban J connectivity index is 1.36. The highest BCUT2D eigenvalue weighted by atomic mass is 32.1. The number of ether oxygens (including phenoxy) is 1. The maximum atomic E-state index is 13.2. The molecule has 4 rings (SSSR count). The van der Waals surface area contributed by atoms with E-state index in [4.69, 9.17) is 4.74 Å². The van der Waals surface area contributed by atoms with Crippen molar-refractivity contribution in [1.29, 1.82) is 0 Å². The summed E-state index contributed by atoms with van der Waals surface area (Å²) < 4.78 is 18.1. The summed E-state index contributed by atoms with van der Waals surface area (Å²) in [6.45, 7) is 5.64. The molecule has 1 N–H and O–H groups in total. The van der Waals surface area contributed by atoms with Crippen molar-refractivity contribution in [2.24, 2.45) is 0 Å². The van der Waals surface area contributed by atoms with Crippen LogP contribution in [0.2, 0.25) is 0 Å². The number of rotatable bonds is 6. The lowest BCUT2D eigenvalue weighted by atomic mass is 9.85. The molecule has 1 saturated heterocycles. The molecule has 156 valence electrons. The van der Waals surface area contributed by atoms with Crippen LogP contribution >= 0.6 is 12.6 Å². The molecule has 0 aliphatic carbocycles. The van der Waals surface area contributed by atoms with Gasteiger partial charge in [0.05, 0.1) is 0 Å². The van der Waals surface area contributed by atoms with Gasteiger partial charge in [-0.2, -0.15) is 0 Å². The maximum Gasteiger partial charge on any atom is 0.254 e. The zero-order chi connectivity index (χ0) is 20.2. The quantitative estimate of drug-likeness (QED) is 0.422. The van der Waals surface area contributed by atoms with Crippen LogP contribution < -0.4 is 0 Å². The fourth-order valence-corrected chi connectivity index (χ4v) is 4.70. The number of alkyl halides is 1. The molecule has 0 bridgehead atoms. The number of benzene rings is 2. The van der Waals surface area contributed by atoms with Gasteiger partial charge in [-0.1, -0.05) is 12.1 Å². The molecule has 2 aromatic rings. The van der Waals surface area contributed by atoms with Gasteiger partial charge in [-0.3, -0.25) is 0 Å². The molecular weight excluding hydrogens is 383 g/mol. The summed E-state index contributed by atoms with van der Waals surface area (Å²) in [6, 6.07) is 15.2. The zero-order valence-electron chi connectivity index (χ0n) is 17.2. The Hall–Kier alpha value is -1.56. The van der Waals surface area contributed by atoms with Crippen molar-refractivity contribution in [1.82, 2.24) is 9.80 Å². The van der Waals surface area contributed by atoms with Crippen LogP contribution in [-0.2, 0) is 6.54 Å². The van der Waals surface area contributed by atoms with Crippen LogP contribution in [0.15, 0.2) is 47.4 Å². The minimum Gasteiger partial charge on any atom is -0.583 e. The predicted octanol–water partition coefficient (Wildman–Crippen LogP) is 4.62. The van der Waals surface area contributed by atoms with Crippen molar-refractivity contribution < 1.29 is 9.13 Å². The van der Waals surface area contributed by atoms with Crippen molar-refractivity contribution in [3.63, 3.8) is 0 Å². The third kappa shape index (κ3) is 5.33. The van der Waals surface area contributed by atoms with Gasteiger partial charge in [0.1, 0.15) is 6.17 Å². The predicted molar refractivity (Wildman–Crippen MR) is 120 cm³/mol. The maximum absolute atomic E-state index is 13.2. The van der Waals surface area contributed by atoms with Crippen LogP contribution in [0.5, 0.6) is 5.75 Å². The van der Waals surface area contributed by atoms with Gasteiger partial charge in [0.2, 0.25) is 0 Å². The number of nitrogens with zero attached hydrogens (tertiary/aromatic N) is 2. The highest BCUT2D eigenvalue weighted by molar-refractivity contribution is 7.80. The van der Waals surface area contributed by atoms with Gasteiger partial charge in [-0.25, -0.2) is 4.39 Å². The zero-order valence-corrected chi connectivity index (χ0v) is 18.1. The van der Waals surface area contributed by atoms with Crippen LogP contribution in [0.1, 0.15) is 41.9 Å². The molecule has 2 heterocycles. The second-order valence-corrected chi connectivity index (χ2v) is 8.99. The normalized spacial score (nSPS) is 21.1. The van der Waals surface area contributed by atoms with Crippen LogP contribution in [0.3, 0.4) is 0 Å². The first-order valence-electron chi connectivity index (χ1n) is 10.7. The highest BCUT2D eigenvalue weighted by Gasteiger charge is 2.26. The number of hydrogen-bond donors (Lipinski definition) is 1. The van der Waals surface area contributed by atoms with E-state index in [9.17, 15) is 4.39 Å². The Morgan fingerprint density at radius 1 is 1.10 bits per heavy atom. The van der Waals surface area contributed by atoms with Gasteiger partial charge < -0.3 is 14.5 Å². The van der Waals surface area contributed by atoms with Crippen molar-refractivity contribution >= 4 is 12.6 Å². The molecule has 0 amide bonds. The van der Waals surface area contributed by atoms with E-state index in [2.05, 4.69) is 71.9 Å². The van der Waals surface area contributed by atoms with Crippen molar-refractivity contribution in [2.75, 3.05) is 39.8 Å². The van der Waals surface area contributed by atoms with E-state index in [0.29, 0.717) is 18.8 Å². The van der Waals surface area contributed by atoms with E-state index in [1.807, 2.05) is 0 Å². The molecule has 1 atom stereocenters. The summed E-state index contributed by atoms with van der Waals surface area (Å²) in [4.78, 5) is 5.76. The number of hydrogen-bond acceptors (Lipinski definition) is 3. The van der Waals surface area contributed by atoms with Gasteiger partial charge in [0, 0.05) is 62.1 Å². The number of thiol groups is 1. The molecule has 1 unspecified atom stereocenters. The molecule has 2 aliphatic heterocycles. The van der Waals surface area contributed by atoms with Gasteiger partial charge >= 0.3 is 0 Å². The number of aromatic hydroxyl groups is 1. The average molecular weight is 416 g/mol. The fourth-order valence-electron chi connectivity index (χ4n) is 4.55. The monoisotopic (exact) mass is 415 g/mol. The molecule has 1 fully saturated rings. The first-order chi connectivity index (χ1) is 14.1. The molecule has 5 heteroatoms. The SMILES string of the molecule is CN1Cc2cc([OH+]CCCN3CCC(F)CC3)ccc2C(c2ccc(S)cc2)C1. The third-order valence-electron chi connectivity index (χ3n) is 6.18. The lowest BCUT2D eigenvalue weighted by Crippen LogP contribution is -2.35. The Bertz CT molecular complexity index is 805. The van der Waals surface area contributed by atoms with E-state index in [0.717, 1.165) is 56.4 Å². The fraction of sp³-hybridized carbons (Fsp3) is 0.500. The minimum atomic E-state index is -0.593. The van der Waals surface area contributed by atoms with E-state index >= 15 is 0 Å². The second kappa shape index (κ2) is 9.50. The van der Waals surface area contributed by atoms with Crippen LogP contribution in [-0.4, -0.2) is 60.5 Å². The summed E-state index contributed by atoms with van der Waals surface area (Å²) in [7, 11) is 2.19. The summed E-state index contributed by atoms with van der Waals surface area (Å²) in [5.41, 5.74) is 4.14. The van der Waals surface area contributed by atoms with Gasteiger partial charge in [0.25, 0.3) is 5.75 Å². The standard InChI is InChI=1S/C24H31FN2OS/c1-26-16-19-15-21(28-14-2-11-27-12-9-20(25)10-13-27)5-8-23(19)24(17-26)18-3-6-22(29)7-4-18/h3-8,15,20,24,29H,2,9-14,16-17H2,1H3/p+1. The number of fused-ring (bicyclic) bond motifs is 1. The van der Waals surface area contributed by atoms with Crippen LogP contribution in [0, 0.1) is 0 Å². The summed E-state index contributed by atoms with van der Waals surface area (Å²) in [5, 5.41) is 0. The molecule has 0 aromatic heterocycles. The van der Waals surface area contributed by atoms with Crippen LogP contribution in [0.25, 0.3) is 0 Å². The summed E-state index contributed by atoms with van der Waals surface area (Å²) in [6.07, 6.45) is 1.82. The van der Waals surface area contributed by atoms with E-state index < -0.39 is 6.17 Å². The van der Waals surface area contributed by atoms with Crippen LogP contribution in [0.4, 0.5) is 4.39 Å². The Morgan fingerprint density at radius 2 is 1.86 bits per heavy atom. The summed E-state index contributed by atoms with van der Waals surface area (Å²) >= 11 is 4.42. The van der Waals surface area contributed by atoms with Gasteiger partial charge in [-0.15, -0.1) is 12.6 Å². The van der Waals surface area contributed by atoms with Crippen molar-refractivity contribution in [3.05, 3.63) is 59.2 Å². The van der Waals surface area contributed by atoms with E-state index in [1.54, 1.807) is 0 Å². The number of piperidine rings is 1. The van der Waals surface area contributed by atoms with E-state index in [-0.39, 0.29) is 0 Å². The molecule has 29 heavy (non-hydrogen) atoms. The summed E-state index contributed by atoms with van der Waals surface area (Å²) in [5.74, 6) is 1.47. The largest absolute Gasteiger partial charge is 0.583 e. The topological polar surface area (TPSA) is 19.3 Å². The molecule has 0 saturated carbocycles. The van der Waals surface area contributed by atoms with E-state index in [1.165, 1.54) is 16.7 Å². The lowest BCUT2D eigenvalue weighted by Gasteiger charge is -2.32. The number of halogens is 1. The Labute approximate surface area is 179 Å². The lowest BCUT2D eigenvalue weighted by molar-refractivity contribution is 0.0543. The van der Waals surface area contributed by atoms with Crippen molar-refractivity contribution in [2.45, 2.75) is 42.8 Å². The molecular formula is C24H32FN2OS+. The number of aliphatic hydroxyl groups is 1. The Morgan fingerprint density at radius 3 is 2.62 bits per heavy atom. The average Bonchev–Trinajstić information content (AvgIpc) is 2.72. The minimum absolute atomic E-state index is 0.394. The molecule has 2 aromatic carbocycles. The molecule has 2 aliphatic rings. The highest BCUT2D eigenvalue weighted by Crippen LogP contribution is 2.35. The smallest absolute Gasteiger partial charge is 0.254 e. The first-order valence-corrected chi connectivity index (χ1v) is 11.2. The Kier molecular flexibility index (Phi) is 6.78. The number of likely N-dealkylation sites (tertiary alicyclic amines) is 1. The third-order valence-corrected chi connectivity index (χ3v) is 6.47.